The summed E-state index contributed by atoms with van der Waals surface area (Å²) in [6.07, 6.45) is 4.55. The zero-order chi connectivity index (χ0) is 15.2. The van der Waals surface area contributed by atoms with Crippen LogP contribution in [0.25, 0.3) is 0 Å². The third-order valence-corrected chi connectivity index (χ3v) is 3.61. The van der Waals surface area contributed by atoms with E-state index in [2.05, 4.69) is 16.2 Å². The summed E-state index contributed by atoms with van der Waals surface area (Å²) in [5.74, 6) is -0.957. The van der Waals surface area contributed by atoms with Gasteiger partial charge in [0.15, 0.2) is 16.7 Å². The van der Waals surface area contributed by atoms with Gasteiger partial charge in [0.2, 0.25) is 0 Å². The number of nitrogens with one attached hydrogen (secondary N) is 3. The lowest BCUT2D eigenvalue weighted by molar-refractivity contribution is 0.0943. The first kappa shape index (κ1) is 15.5. The van der Waals surface area contributed by atoms with Crippen LogP contribution in [-0.4, -0.2) is 24.2 Å². The van der Waals surface area contributed by atoms with E-state index < -0.39 is 11.7 Å². The van der Waals surface area contributed by atoms with Gasteiger partial charge in [-0.3, -0.25) is 15.6 Å². The van der Waals surface area contributed by atoms with Crippen LogP contribution in [0, 0.1) is 5.82 Å². The Labute approximate surface area is 128 Å². The zero-order valence-corrected chi connectivity index (χ0v) is 12.6. The summed E-state index contributed by atoms with van der Waals surface area (Å²) in [4.78, 5) is 11.9. The lowest BCUT2D eigenvalue weighted by Gasteiger charge is -2.16. The first-order valence-corrected chi connectivity index (χ1v) is 7.21. The lowest BCUT2D eigenvalue weighted by Crippen LogP contribution is -2.49. The maximum Gasteiger partial charge on any atom is 0.269 e. The topological polar surface area (TPSA) is 62.4 Å². The molecule has 1 saturated carbocycles. The fourth-order valence-corrected chi connectivity index (χ4v) is 2.50. The fourth-order valence-electron chi connectivity index (χ4n) is 2.28. The number of benzene rings is 1. The number of amides is 1. The predicted octanol–water partition coefficient (Wildman–Crippen LogP) is 1.89. The minimum absolute atomic E-state index is 0.0953. The summed E-state index contributed by atoms with van der Waals surface area (Å²) in [6.45, 7) is 0. The molecule has 21 heavy (non-hydrogen) atoms. The summed E-state index contributed by atoms with van der Waals surface area (Å²) in [5.41, 5.74) is 5.24. The quantitative estimate of drug-likeness (QED) is 0.588. The number of methoxy groups -OCH3 is 1. The van der Waals surface area contributed by atoms with E-state index in [1.807, 2.05) is 0 Å². The van der Waals surface area contributed by atoms with E-state index in [1.165, 1.54) is 32.1 Å². The summed E-state index contributed by atoms with van der Waals surface area (Å²) in [7, 11) is 1.37. The molecule has 1 aromatic rings. The summed E-state index contributed by atoms with van der Waals surface area (Å²) in [6, 6.07) is 4.36. The summed E-state index contributed by atoms with van der Waals surface area (Å²) >= 11 is 5.09. The Bertz CT molecular complexity index is 533. The molecule has 0 unspecified atom stereocenters. The Hall–Kier alpha value is -1.89. The highest BCUT2D eigenvalue weighted by Crippen LogP contribution is 2.18. The molecule has 0 aliphatic heterocycles. The van der Waals surface area contributed by atoms with E-state index in [-0.39, 0.29) is 11.3 Å². The van der Waals surface area contributed by atoms with Crippen molar-refractivity contribution in [2.45, 2.75) is 31.7 Å². The number of halogens is 1. The largest absolute Gasteiger partial charge is 0.494 e. The molecule has 0 bridgehead atoms. The zero-order valence-electron chi connectivity index (χ0n) is 11.7. The van der Waals surface area contributed by atoms with Crippen LogP contribution in [0.1, 0.15) is 36.0 Å². The van der Waals surface area contributed by atoms with Crippen LogP contribution in [0.3, 0.4) is 0 Å². The molecule has 0 saturated heterocycles. The second-order valence-corrected chi connectivity index (χ2v) is 5.29. The van der Waals surface area contributed by atoms with Gasteiger partial charge in [0.1, 0.15) is 0 Å². The Kier molecular flexibility index (Phi) is 5.32. The van der Waals surface area contributed by atoms with Crippen LogP contribution in [0.4, 0.5) is 4.39 Å². The minimum atomic E-state index is -0.586. The molecule has 0 spiro atoms. The monoisotopic (exact) mass is 311 g/mol. The Morgan fingerprint density at radius 1 is 1.33 bits per heavy atom. The van der Waals surface area contributed by atoms with Gasteiger partial charge >= 0.3 is 0 Å². The Balaban J connectivity index is 1.83. The average Bonchev–Trinajstić information content (AvgIpc) is 2.97. The first-order chi connectivity index (χ1) is 10.1. The van der Waals surface area contributed by atoms with E-state index in [4.69, 9.17) is 17.0 Å². The smallest absolute Gasteiger partial charge is 0.269 e. The van der Waals surface area contributed by atoms with E-state index in [1.54, 1.807) is 0 Å². The third-order valence-electron chi connectivity index (χ3n) is 3.39. The molecule has 3 N–H and O–H groups in total. The van der Waals surface area contributed by atoms with Crippen molar-refractivity contribution >= 4 is 23.2 Å². The van der Waals surface area contributed by atoms with Gasteiger partial charge in [0.05, 0.1) is 7.11 Å². The first-order valence-electron chi connectivity index (χ1n) is 6.80. The normalized spacial score (nSPS) is 14.6. The highest BCUT2D eigenvalue weighted by atomic mass is 32.1. The van der Waals surface area contributed by atoms with Gasteiger partial charge in [0.25, 0.3) is 5.91 Å². The highest BCUT2D eigenvalue weighted by Gasteiger charge is 2.16. The van der Waals surface area contributed by atoms with Crippen molar-refractivity contribution in [3.63, 3.8) is 0 Å². The number of hydrogen-bond acceptors (Lipinski definition) is 3. The van der Waals surface area contributed by atoms with Crippen LogP contribution in [-0.2, 0) is 0 Å². The van der Waals surface area contributed by atoms with Gasteiger partial charge in [-0.15, -0.1) is 0 Å². The molecule has 0 heterocycles. The van der Waals surface area contributed by atoms with Gasteiger partial charge in [-0.2, -0.15) is 0 Å². The van der Waals surface area contributed by atoms with Crippen LogP contribution in [0.2, 0.25) is 0 Å². The molecule has 7 heteroatoms. The molecular weight excluding hydrogens is 293 g/mol. The molecule has 1 amide bonds. The molecular formula is C14H18FN3O2S. The Morgan fingerprint density at radius 3 is 2.67 bits per heavy atom. The lowest BCUT2D eigenvalue weighted by atomic mass is 10.2. The maximum atomic E-state index is 13.5. The molecule has 5 nitrogen and oxygen atoms in total. The minimum Gasteiger partial charge on any atom is -0.494 e. The Morgan fingerprint density at radius 2 is 2.05 bits per heavy atom. The van der Waals surface area contributed by atoms with E-state index in [9.17, 15) is 9.18 Å². The van der Waals surface area contributed by atoms with Crippen molar-refractivity contribution in [3.05, 3.63) is 29.6 Å². The highest BCUT2D eigenvalue weighted by molar-refractivity contribution is 7.80. The maximum absolute atomic E-state index is 13.5. The van der Waals surface area contributed by atoms with Crippen molar-refractivity contribution in [1.29, 1.82) is 0 Å². The van der Waals surface area contributed by atoms with Crippen molar-refractivity contribution in [2.75, 3.05) is 7.11 Å². The number of thiocarbonyl (C=S) groups is 1. The standard InChI is InChI=1S/C14H18FN3O2S/c1-20-12-7-6-9(8-11(12)15)13(19)17-18-14(21)16-10-4-2-3-5-10/h6-8,10H,2-5H2,1H3,(H,17,19)(H2,16,18,21). The summed E-state index contributed by atoms with van der Waals surface area (Å²) < 4.78 is 18.3. The summed E-state index contributed by atoms with van der Waals surface area (Å²) in [5, 5.41) is 3.49. The van der Waals surface area contributed by atoms with Crippen LogP contribution >= 0.6 is 12.2 Å². The van der Waals surface area contributed by atoms with Crippen LogP contribution < -0.4 is 20.9 Å². The molecule has 1 aliphatic rings. The number of rotatable bonds is 3. The number of ether oxygens (including phenoxy) is 1. The van der Waals surface area contributed by atoms with Crippen LogP contribution in [0.5, 0.6) is 5.75 Å². The second kappa shape index (κ2) is 7.21. The third kappa shape index (κ3) is 4.29. The number of hydrazine groups is 1. The molecule has 0 aromatic heterocycles. The molecule has 114 valence electrons. The van der Waals surface area contributed by atoms with E-state index in [0.717, 1.165) is 18.9 Å². The molecule has 1 aromatic carbocycles. The van der Waals surface area contributed by atoms with Gasteiger partial charge < -0.3 is 10.1 Å². The SMILES string of the molecule is COc1ccc(C(=O)NNC(=S)NC2CCCC2)cc1F. The van der Waals surface area contributed by atoms with E-state index >= 15 is 0 Å². The van der Waals surface area contributed by atoms with Gasteiger partial charge in [-0.05, 0) is 43.3 Å². The number of carbonyl (C=O) groups is 1. The predicted molar refractivity (Wildman–Crippen MR) is 81.5 cm³/mol. The fraction of sp³-hybridized carbons (Fsp3) is 0.429. The number of carbonyl (C=O) groups excluding carboxylic acids is 1. The van der Waals surface area contributed by atoms with Gasteiger partial charge in [-0.1, -0.05) is 12.8 Å². The number of hydrogen-bond donors (Lipinski definition) is 3. The van der Waals surface area contributed by atoms with Crippen molar-refractivity contribution in [2.24, 2.45) is 0 Å². The van der Waals surface area contributed by atoms with Crippen LogP contribution in [0.15, 0.2) is 18.2 Å². The molecule has 0 radical (unpaired) electrons. The van der Waals surface area contributed by atoms with Crippen molar-refractivity contribution in [1.82, 2.24) is 16.2 Å². The molecule has 0 atom stereocenters. The molecule has 1 fully saturated rings. The van der Waals surface area contributed by atoms with E-state index in [0.29, 0.717) is 11.2 Å². The van der Waals surface area contributed by atoms with Gasteiger partial charge in [0, 0.05) is 11.6 Å². The van der Waals surface area contributed by atoms with Crippen molar-refractivity contribution in [3.8, 4) is 5.75 Å². The van der Waals surface area contributed by atoms with Crippen molar-refractivity contribution < 1.29 is 13.9 Å². The molecule has 2 rings (SSSR count). The average molecular weight is 311 g/mol. The molecule has 1 aliphatic carbocycles. The van der Waals surface area contributed by atoms with Gasteiger partial charge in [-0.25, -0.2) is 4.39 Å². The second-order valence-electron chi connectivity index (χ2n) is 4.88.